The summed E-state index contributed by atoms with van der Waals surface area (Å²) in [6.07, 6.45) is 12.7. The molecular formula is C41H66N2O5. The molecule has 0 aromatic heterocycles. The second-order valence-corrected chi connectivity index (χ2v) is 19.7. The number of allylic oxidation sites excluding steroid dienone is 1. The van der Waals surface area contributed by atoms with Gasteiger partial charge in [0.25, 0.3) is 0 Å². The SMILES string of the molecule is C=C(C)[C@@H]1CC[C@]2(CC(=O)N[C@H]3CCNC3)CC[C@]3(C)[C@H](CC[C@@H]4[C@@]5(C)CC[C@H](OC(=O)CC(C)(C)C(=O)O)C(C)(C)[C@@H]5CC[C@]43C)[C@@H]12. The average Bonchev–Trinajstić information content (AvgIpc) is 3.63. The fourth-order valence-corrected chi connectivity index (χ4v) is 13.8. The number of amides is 1. The Morgan fingerprint density at radius 3 is 2.27 bits per heavy atom. The lowest BCUT2D eigenvalue weighted by atomic mass is 9.32. The maximum absolute atomic E-state index is 13.6. The molecule has 1 saturated heterocycles. The van der Waals surface area contributed by atoms with Gasteiger partial charge in [-0.05, 0) is 149 Å². The number of carboxylic acids is 1. The monoisotopic (exact) mass is 666 g/mol. The maximum atomic E-state index is 13.6. The number of hydrogen-bond acceptors (Lipinski definition) is 5. The Morgan fingerprint density at radius 2 is 1.62 bits per heavy atom. The molecule has 6 aliphatic rings. The number of nitrogens with one attached hydrogen (secondary N) is 2. The lowest BCUT2D eigenvalue weighted by Crippen LogP contribution is -2.67. The molecule has 48 heavy (non-hydrogen) atoms. The normalized spacial score (nSPS) is 44.8. The van der Waals surface area contributed by atoms with Crippen LogP contribution in [0.15, 0.2) is 12.2 Å². The molecule has 11 atom stereocenters. The third kappa shape index (κ3) is 5.50. The van der Waals surface area contributed by atoms with E-state index < -0.39 is 11.4 Å². The van der Waals surface area contributed by atoms with Crippen LogP contribution in [0, 0.1) is 62.1 Å². The Morgan fingerprint density at radius 1 is 0.896 bits per heavy atom. The minimum absolute atomic E-state index is 0.0767. The lowest BCUT2D eigenvalue weighted by molar-refractivity contribution is -0.250. The largest absolute Gasteiger partial charge is 0.481 e. The highest BCUT2D eigenvalue weighted by Gasteiger charge is 2.71. The van der Waals surface area contributed by atoms with Gasteiger partial charge in [0.1, 0.15) is 6.10 Å². The minimum Gasteiger partial charge on any atom is -0.481 e. The fourth-order valence-electron chi connectivity index (χ4n) is 13.8. The lowest BCUT2D eigenvalue weighted by Gasteiger charge is -2.73. The van der Waals surface area contributed by atoms with Crippen LogP contribution in [0.1, 0.15) is 139 Å². The highest BCUT2D eigenvalue weighted by Crippen LogP contribution is 2.78. The molecule has 5 saturated carbocycles. The standard InChI is InChI=1S/C41H66N2O5/c1-25(2)27-12-18-41(22-32(44)43-26-15-21-42-24-26)20-19-39(8)28(34(27)41)10-11-30-38(7)16-14-31(48-33(45)23-36(3,4)35(46)47)37(5,6)29(38)13-17-40(30,39)9/h26-31,34,42H,1,10-24H2,2-9H3,(H,43,44)(H,46,47)/t26-,27-,28+,29-,30+,31-,34+,38-,39+,40+,41+/m0/s1. The number of esters is 1. The number of fused-ring (bicyclic) bond motifs is 7. The maximum Gasteiger partial charge on any atom is 0.309 e. The first-order valence-electron chi connectivity index (χ1n) is 19.4. The fraction of sp³-hybridized carbons (Fsp3) is 0.878. The Labute approximate surface area is 290 Å². The van der Waals surface area contributed by atoms with Gasteiger partial charge in [-0.3, -0.25) is 14.4 Å². The first-order valence-corrected chi connectivity index (χ1v) is 19.4. The third-order valence-electron chi connectivity index (χ3n) is 16.6. The number of carbonyl (C=O) groups is 3. The van der Waals surface area contributed by atoms with E-state index >= 15 is 0 Å². The first-order chi connectivity index (χ1) is 22.3. The molecule has 270 valence electrons. The van der Waals surface area contributed by atoms with E-state index in [2.05, 4.69) is 58.8 Å². The van der Waals surface area contributed by atoms with Gasteiger partial charge in [-0.1, -0.05) is 46.8 Å². The highest BCUT2D eigenvalue weighted by molar-refractivity contribution is 5.81. The average molecular weight is 667 g/mol. The van der Waals surface area contributed by atoms with Gasteiger partial charge in [0.15, 0.2) is 0 Å². The van der Waals surface area contributed by atoms with Gasteiger partial charge >= 0.3 is 11.9 Å². The quantitative estimate of drug-likeness (QED) is 0.180. The zero-order valence-electron chi connectivity index (χ0n) is 31.4. The van der Waals surface area contributed by atoms with E-state index in [1.165, 1.54) is 37.7 Å². The van der Waals surface area contributed by atoms with Crippen molar-refractivity contribution in [1.29, 1.82) is 0 Å². The van der Waals surface area contributed by atoms with Crippen LogP contribution in [-0.4, -0.2) is 48.2 Å². The van der Waals surface area contributed by atoms with Crippen molar-refractivity contribution in [3.63, 3.8) is 0 Å². The molecule has 3 N–H and O–H groups in total. The van der Waals surface area contributed by atoms with E-state index in [9.17, 15) is 19.5 Å². The van der Waals surface area contributed by atoms with Crippen LogP contribution < -0.4 is 10.6 Å². The molecule has 6 rings (SSSR count). The number of aliphatic carboxylic acids is 1. The topological polar surface area (TPSA) is 105 Å². The molecule has 7 heteroatoms. The smallest absolute Gasteiger partial charge is 0.309 e. The Hall–Kier alpha value is -1.89. The summed E-state index contributed by atoms with van der Waals surface area (Å²) in [7, 11) is 0. The first kappa shape index (κ1) is 35.9. The molecule has 6 fully saturated rings. The van der Waals surface area contributed by atoms with E-state index in [-0.39, 0.29) is 57.5 Å². The van der Waals surface area contributed by atoms with Crippen molar-refractivity contribution in [2.75, 3.05) is 13.1 Å². The number of carboxylic acid groups (broad SMARTS) is 1. The zero-order valence-corrected chi connectivity index (χ0v) is 31.4. The number of rotatable bonds is 8. The molecule has 0 aromatic carbocycles. The summed E-state index contributed by atoms with van der Waals surface area (Å²) in [5, 5.41) is 16.4. The number of carbonyl (C=O) groups excluding carboxylic acids is 2. The van der Waals surface area contributed by atoms with E-state index in [4.69, 9.17) is 4.74 Å². The van der Waals surface area contributed by atoms with Crippen LogP contribution in [0.3, 0.4) is 0 Å². The Bertz CT molecular complexity index is 1320. The molecule has 1 amide bonds. The zero-order chi connectivity index (χ0) is 35.1. The summed E-state index contributed by atoms with van der Waals surface area (Å²) in [5.41, 5.74) is 0.637. The summed E-state index contributed by atoms with van der Waals surface area (Å²) >= 11 is 0. The van der Waals surface area contributed by atoms with E-state index in [1.807, 2.05) is 0 Å². The number of hydrogen-bond donors (Lipinski definition) is 3. The molecule has 0 unspecified atom stereocenters. The van der Waals surface area contributed by atoms with Crippen molar-refractivity contribution < 1.29 is 24.2 Å². The van der Waals surface area contributed by atoms with E-state index in [1.54, 1.807) is 13.8 Å². The molecule has 0 radical (unpaired) electrons. The molecule has 1 aliphatic heterocycles. The summed E-state index contributed by atoms with van der Waals surface area (Å²) in [6.45, 7) is 24.3. The van der Waals surface area contributed by atoms with Crippen molar-refractivity contribution in [2.24, 2.45) is 62.1 Å². The van der Waals surface area contributed by atoms with Crippen LogP contribution in [0.2, 0.25) is 0 Å². The van der Waals surface area contributed by atoms with Crippen molar-refractivity contribution >= 4 is 17.8 Å². The van der Waals surface area contributed by atoms with Crippen LogP contribution >= 0.6 is 0 Å². The van der Waals surface area contributed by atoms with Gasteiger partial charge in [-0.15, -0.1) is 0 Å². The van der Waals surface area contributed by atoms with Gasteiger partial charge in [0, 0.05) is 24.4 Å². The molecule has 1 heterocycles. The molecule has 0 aromatic rings. The van der Waals surface area contributed by atoms with Crippen LogP contribution in [-0.2, 0) is 19.1 Å². The van der Waals surface area contributed by atoms with Gasteiger partial charge in [0.2, 0.25) is 5.91 Å². The summed E-state index contributed by atoms with van der Waals surface area (Å²) in [4.78, 5) is 38.4. The third-order valence-corrected chi connectivity index (χ3v) is 16.6. The molecule has 5 aliphatic carbocycles. The van der Waals surface area contributed by atoms with Gasteiger partial charge in [-0.2, -0.15) is 0 Å². The molecule has 0 spiro atoms. The summed E-state index contributed by atoms with van der Waals surface area (Å²) < 4.78 is 6.17. The van der Waals surface area contributed by atoms with Gasteiger partial charge in [0.05, 0.1) is 11.8 Å². The Kier molecular flexibility index (Phi) is 9.07. The van der Waals surface area contributed by atoms with Crippen LogP contribution in [0.5, 0.6) is 0 Å². The molecule has 0 bridgehead atoms. The van der Waals surface area contributed by atoms with Gasteiger partial charge in [-0.25, -0.2) is 0 Å². The van der Waals surface area contributed by atoms with Gasteiger partial charge < -0.3 is 20.5 Å². The summed E-state index contributed by atoms with van der Waals surface area (Å²) in [5.74, 6) is 1.56. The van der Waals surface area contributed by atoms with E-state index in [0.717, 1.165) is 51.6 Å². The van der Waals surface area contributed by atoms with Crippen molar-refractivity contribution in [3.8, 4) is 0 Å². The second-order valence-electron chi connectivity index (χ2n) is 19.7. The molecular weight excluding hydrogens is 600 g/mol. The predicted octanol–water partition coefficient (Wildman–Crippen LogP) is 7.92. The second kappa shape index (κ2) is 12.1. The van der Waals surface area contributed by atoms with Crippen LogP contribution in [0.4, 0.5) is 0 Å². The summed E-state index contributed by atoms with van der Waals surface area (Å²) in [6, 6.07) is 0.268. The minimum atomic E-state index is -1.14. The van der Waals surface area contributed by atoms with Crippen molar-refractivity contribution in [1.82, 2.24) is 10.6 Å². The molecule has 7 nitrogen and oxygen atoms in total. The Balaban J connectivity index is 1.24. The number of ether oxygens (including phenoxy) is 1. The van der Waals surface area contributed by atoms with E-state index in [0.29, 0.717) is 36.0 Å². The van der Waals surface area contributed by atoms with Crippen molar-refractivity contribution in [2.45, 2.75) is 151 Å². The highest BCUT2D eigenvalue weighted by atomic mass is 16.5. The predicted molar refractivity (Wildman–Crippen MR) is 189 cm³/mol. The van der Waals surface area contributed by atoms with Crippen molar-refractivity contribution in [3.05, 3.63) is 12.2 Å². The van der Waals surface area contributed by atoms with Crippen LogP contribution in [0.25, 0.3) is 0 Å².